The zero-order valence-corrected chi connectivity index (χ0v) is 12.8. The predicted octanol–water partition coefficient (Wildman–Crippen LogP) is 2.21. The van der Waals surface area contributed by atoms with Crippen LogP contribution in [0.3, 0.4) is 0 Å². The molecular formula is C10H15AsN4OS. The van der Waals surface area contributed by atoms with Crippen LogP contribution in [0.1, 0.15) is 0 Å². The van der Waals surface area contributed by atoms with E-state index in [0.717, 1.165) is 15.8 Å². The summed E-state index contributed by atoms with van der Waals surface area (Å²) in [7, 11) is 0. The average molecular weight is 314 g/mol. The van der Waals surface area contributed by atoms with Gasteiger partial charge in [0.2, 0.25) is 0 Å². The van der Waals surface area contributed by atoms with E-state index in [0.29, 0.717) is 18.3 Å². The molecule has 0 atom stereocenters. The Morgan fingerprint density at radius 2 is 2.24 bits per heavy atom. The van der Waals surface area contributed by atoms with Crippen molar-refractivity contribution in [2.45, 2.75) is 21.7 Å². The van der Waals surface area contributed by atoms with Gasteiger partial charge in [0.15, 0.2) is 0 Å². The third-order valence-corrected chi connectivity index (χ3v) is 5.14. The Labute approximate surface area is 109 Å². The molecule has 0 unspecified atom stereocenters. The van der Waals surface area contributed by atoms with Crippen molar-refractivity contribution in [2.75, 3.05) is 12.9 Å². The topological polar surface area (TPSA) is 63.7 Å². The zero-order valence-electron chi connectivity index (χ0n) is 10.1. The van der Waals surface area contributed by atoms with Gasteiger partial charge in [0.25, 0.3) is 0 Å². The number of nitrogens with zero attached hydrogens (tertiary/aromatic N) is 3. The average Bonchev–Trinajstić information content (AvgIpc) is 2.75. The summed E-state index contributed by atoms with van der Waals surface area (Å²) in [5.41, 5.74) is 6.16. The fourth-order valence-electron chi connectivity index (χ4n) is 1.32. The third-order valence-electron chi connectivity index (χ3n) is 2.19. The molecule has 0 bridgehead atoms. The number of rotatable bonds is 5. The van der Waals surface area contributed by atoms with Crippen LogP contribution in [-0.2, 0) is 0 Å². The van der Waals surface area contributed by atoms with Gasteiger partial charge >= 0.3 is 109 Å². The molecule has 0 aliphatic rings. The number of hydrogen-bond acceptors (Lipinski definition) is 5. The first-order valence-electron chi connectivity index (χ1n) is 5.23. The van der Waals surface area contributed by atoms with E-state index in [1.165, 1.54) is 0 Å². The van der Waals surface area contributed by atoms with E-state index in [1.807, 2.05) is 6.26 Å². The molecule has 0 radical (unpaired) electrons. The molecular weight excluding hydrogens is 299 g/mol. The SMILES string of the molecule is CSc1nc(OCC[As](C)C)nc2nc[nH]c12. The molecule has 92 valence electrons. The number of aromatic amines is 1. The first-order chi connectivity index (χ1) is 8.20. The molecule has 17 heavy (non-hydrogen) atoms. The van der Waals surface area contributed by atoms with E-state index in [-0.39, 0.29) is 0 Å². The second-order valence-electron chi connectivity index (χ2n) is 3.77. The fourth-order valence-corrected chi connectivity index (χ4v) is 2.80. The first-order valence-corrected chi connectivity index (χ1v) is 11.5. The minimum absolute atomic E-state index is 0.435. The number of imidazole rings is 1. The molecule has 0 spiro atoms. The fraction of sp³-hybridized carbons (Fsp3) is 0.500. The summed E-state index contributed by atoms with van der Waals surface area (Å²) in [4.78, 5) is 15.8. The van der Waals surface area contributed by atoms with Gasteiger partial charge in [-0.1, -0.05) is 0 Å². The van der Waals surface area contributed by atoms with Gasteiger partial charge in [0.05, 0.1) is 0 Å². The Morgan fingerprint density at radius 1 is 1.41 bits per heavy atom. The number of H-pyrrole nitrogens is 1. The zero-order chi connectivity index (χ0) is 12.3. The second kappa shape index (κ2) is 5.73. The van der Waals surface area contributed by atoms with Crippen molar-refractivity contribution in [1.82, 2.24) is 19.9 Å². The Hall–Kier alpha value is -0.742. The van der Waals surface area contributed by atoms with Gasteiger partial charge in [-0.25, -0.2) is 0 Å². The van der Waals surface area contributed by atoms with Crippen LogP contribution in [0.15, 0.2) is 11.4 Å². The molecule has 2 aromatic heterocycles. The second-order valence-corrected chi connectivity index (χ2v) is 10.0. The Bertz CT molecular complexity index is 502. The summed E-state index contributed by atoms with van der Waals surface area (Å²) in [6.07, 6.45) is 3.61. The summed E-state index contributed by atoms with van der Waals surface area (Å²) in [5, 5.41) is 2.02. The molecule has 2 heterocycles. The maximum absolute atomic E-state index is 5.58. The molecule has 2 aromatic rings. The van der Waals surface area contributed by atoms with Gasteiger partial charge in [0.1, 0.15) is 0 Å². The number of ether oxygens (including phenoxy) is 1. The maximum atomic E-state index is 5.58. The van der Waals surface area contributed by atoms with Crippen LogP contribution in [0.5, 0.6) is 6.01 Å². The number of hydrogen-bond donors (Lipinski definition) is 1. The monoisotopic (exact) mass is 314 g/mol. The normalized spacial score (nSPS) is 11.3. The van der Waals surface area contributed by atoms with Gasteiger partial charge in [0, 0.05) is 0 Å². The first kappa shape index (κ1) is 12.7. The molecule has 7 heteroatoms. The molecule has 0 amide bonds. The number of aromatic nitrogens is 4. The van der Waals surface area contributed by atoms with Crippen LogP contribution < -0.4 is 4.74 Å². The summed E-state index contributed by atoms with van der Waals surface area (Å²) in [6.45, 7) is 0.705. The summed E-state index contributed by atoms with van der Waals surface area (Å²) in [5.74, 6) is 0. The van der Waals surface area contributed by atoms with E-state index in [9.17, 15) is 0 Å². The van der Waals surface area contributed by atoms with Crippen molar-refractivity contribution in [3.05, 3.63) is 6.33 Å². The van der Waals surface area contributed by atoms with Crippen LogP contribution >= 0.6 is 11.8 Å². The molecule has 0 fully saturated rings. The minimum atomic E-state index is -0.636. The van der Waals surface area contributed by atoms with Gasteiger partial charge in [-0.2, -0.15) is 0 Å². The van der Waals surface area contributed by atoms with Crippen molar-refractivity contribution in [2.24, 2.45) is 0 Å². The van der Waals surface area contributed by atoms with Gasteiger partial charge in [-0.05, 0) is 0 Å². The molecule has 0 aromatic carbocycles. The van der Waals surface area contributed by atoms with Crippen LogP contribution in [0.4, 0.5) is 0 Å². The van der Waals surface area contributed by atoms with Crippen molar-refractivity contribution in [3.63, 3.8) is 0 Å². The van der Waals surface area contributed by atoms with Crippen molar-refractivity contribution in [1.29, 1.82) is 0 Å². The van der Waals surface area contributed by atoms with E-state index in [4.69, 9.17) is 4.74 Å². The van der Waals surface area contributed by atoms with E-state index < -0.39 is 14.7 Å². The van der Waals surface area contributed by atoms with Crippen LogP contribution in [0, 0.1) is 0 Å². The molecule has 5 nitrogen and oxygen atoms in total. The Balaban J connectivity index is 2.17. The number of fused-ring (bicyclic) bond motifs is 1. The van der Waals surface area contributed by atoms with Gasteiger partial charge in [-0.15, -0.1) is 0 Å². The van der Waals surface area contributed by atoms with Gasteiger partial charge in [-0.3, -0.25) is 0 Å². The molecule has 2 rings (SSSR count). The molecule has 1 N–H and O–H groups in total. The molecule has 0 saturated carbocycles. The van der Waals surface area contributed by atoms with Crippen LogP contribution in [0.25, 0.3) is 11.2 Å². The molecule has 0 saturated heterocycles. The Kier molecular flexibility index (Phi) is 4.29. The number of thioether (sulfide) groups is 1. The molecule has 0 aliphatic carbocycles. The van der Waals surface area contributed by atoms with Crippen LogP contribution in [-0.4, -0.2) is 47.5 Å². The van der Waals surface area contributed by atoms with Crippen molar-refractivity contribution < 1.29 is 4.74 Å². The number of nitrogens with one attached hydrogen (secondary N) is 1. The summed E-state index contributed by atoms with van der Waals surface area (Å²) < 4.78 is 5.58. The molecule has 0 aliphatic heterocycles. The van der Waals surface area contributed by atoms with E-state index >= 15 is 0 Å². The Morgan fingerprint density at radius 3 is 2.94 bits per heavy atom. The standard InChI is InChI=1S/C10H15AsN4OS/c1-11(2)4-5-16-10-14-8-7(12-6-13-8)9(15-10)17-3/h6H,4-5H2,1-3H3,(H,12,13,14,15). The van der Waals surface area contributed by atoms with Gasteiger partial charge < -0.3 is 0 Å². The predicted molar refractivity (Wildman–Crippen MR) is 71.2 cm³/mol. The van der Waals surface area contributed by atoms with Crippen LogP contribution in [0.2, 0.25) is 16.6 Å². The van der Waals surface area contributed by atoms with Crippen molar-refractivity contribution in [3.8, 4) is 6.01 Å². The van der Waals surface area contributed by atoms with E-state index in [2.05, 4.69) is 31.4 Å². The quantitative estimate of drug-likeness (QED) is 0.521. The summed E-state index contributed by atoms with van der Waals surface area (Å²) >= 11 is 0.928. The van der Waals surface area contributed by atoms with E-state index in [1.54, 1.807) is 18.1 Å². The van der Waals surface area contributed by atoms with Crippen molar-refractivity contribution >= 4 is 37.6 Å². The third kappa shape index (κ3) is 3.13. The summed E-state index contributed by atoms with van der Waals surface area (Å²) in [6, 6.07) is 0.435.